The third kappa shape index (κ3) is 3.60. The summed E-state index contributed by atoms with van der Waals surface area (Å²) in [7, 11) is 0. The summed E-state index contributed by atoms with van der Waals surface area (Å²) in [6.07, 6.45) is 0.594. The SMILES string of the molecule is CCc1ccsc1C(=O)[C@H](C#N)C(=O)Nc1ccc(F)cc1F. The second-order valence-corrected chi connectivity index (χ2v) is 5.58. The number of nitrogens with one attached hydrogen (secondary N) is 1. The average molecular weight is 334 g/mol. The average Bonchev–Trinajstić information content (AvgIpc) is 2.99. The number of carbonyl (C=O) groups excluding carboxylic acids is 2. The van der Waals surface area contributed by atoms with Gasteiger partial charge in [0, 0.05) is 6.07 Å². The smallest absolute Gasteiger partial charge is 0.249 e. The van der Waals surface area contributed by atoms with Crippen LogP contribution in [0.1, 0.15) is 22.2 Å². The molecular weight excluding hydrogens is 322 g/mol. The quantitative estimate of drug-likeness (QED) is 0.671. The van der Waals surface area contributed by atoms with Gasteiger partial charge in [0.25, 0.3) is 0 Å². The number of anilines is 1. The first kappa shape index (κ1) is 16.8. The molecule has 1 aromatic carbocycles. The molecule has 0 unspecified atom stereocenters. The van der Waals surface area contributed by atoms with Crippen LogP contribution in [0.15, 0.2) is 29.6 Å². The fraction of sp³-hybridized carbons (Fsp3) is 0.188. The fourth-order valence-corrected chi connectivity index (χ4v) is 2.96. The zero-order valence-corrected chi connectivity index (χ0v) is 12.9. The van der Waals surface area contributed by atoms with Crippen LogP contribution < -0.4 is 5.32 Å². The molecule has 0 spiro atoms. The molecule has 2 aromatic rings. The molecule has 1 atom stereocenters. The number of hydrogen-bond acceptors (Lipinski definition) is 4. The maximum absolute atomic E-state index is 13.6. The molecule has 4 nitrogen and oxygen atoms in total. The number of benzene rings is 1. The minimum absolute atomic E-state index is 0.286. The fourth-order valence-electron chi connectivity index (χ4n) is 1.99. The van der Waals surface area contributed by atoms with E-state index in [9.17, 15) is 18.4 Å². The van der Waals surface area contributed by atoms with Crippen molar-refractivity contribution in [1.82, 2.24) is 0 Å². The van der Waals surface area contributed by atoms with E-state index in [2.05, 4.69) is 5.32 Å². The Bertz CT molecular complexity index is 796. The van der Waals surface area contributed by atoms with E-state index in [0.29, 0.717) is 17.4 Å². The number of carbonyl (C=O) groups is 2. The number of thiophene rings is 1. The lowest BCUT2D eigenvalue weighted by molar-refractivity contribution is -0.117. The van der Waals surface area contributed by atoms with Gasteiger partial charge in [-0.15, -0.1) is 11.3 Å². The molecule has 1 amide bonds. The first-order valence-electron chi connectivity index (χ1n) is 6.74. The minimum Gasteiger partial charge on any atom is -0.322 e. The lowest BCUT2D eigenvalue weighted by Gasteiger charge is -2.10. The van der Waals surface area contributed by atoms with E-state index in [0.717, 1.165) is 29.0 Å². The summed E-state index contributed by atoms with van der Waals surface area (Å²) >= 11 is 1.15. The van der Waals surface area contributed by atoms with Gasteiger partial charge in [0.2, 0.25) is 5.91 Å². The van der Waals surface area contributed by atoms with E-state index in [1.165, 1.54) is 0 Å². The van der Waals surface area contributed by atoms with Crippen molar-refractivity contribution in [3.05, 3.63) is 51.7 Å². The maximum atomic E-state index is 13.6. The van der Waals surface area contributed by atoms with Crippen LogP contribution in [0, 0.1) is 28.9 Å². The Kier molecular flexibility index (Phi) is 5.19. The van der Waals surface area contributed by atoms with Gasteiger partial charge in [-0.1, -0.05) is 6.92 Å². The van der Waals surface area contributed by atoms with E-state index >= 15 is 0 Å². The van der Waals surface area contributed by atoms with E-state index in [1.54, 1.807) is 17.5 Å². The van der Waals surface area contributed by atoms with Crippen molar-refractivity contribution in [3.8, 4) is 6.07 Å². The predicted octanol–water partition coefficient (Wildman–Crippen LogP) is 3.55. The van der Waals surface area contributed by atoms with Crippen LogP contribution in [-0.4, -0.2) is 11.7 Å². The number of nitriles is 1. The highest BCUT2D eigenvalue weighted by molar-refractivity contribution is 7.12. The topological polar surface area (TPSA) is 70.0 Å². The molecule has 1 heterocycles. The summed E-state index contributed by atoms with van der Waals surface area (Å²) < 4.78 is 26.4. The summed E-state index contributed by atoms with van der Waals surface area (Å²) in [6, 6.07) is 6.00. The number of halogens is 2. The molecule has 0 saturated heterocycles. The number of amides is 1. The zero-order chi connectivity index (χ0) is 17.0. The highest BCUT2D eigenvalue weighted by atomic mass is 32.1. The molecule has 0 aliphatic rings. The number of aryl methyl sites for hydroxylation is 1. The number of rotatable bonds is 5. The minimum atomic E-state index is -1.59. The van der Waals surface area contributed by atoms with Crippen LogP contribution >= 0.6 is 11.3 Å². The Balaban J connectivity index is 2.22. The highest BCUT2D eigenvalue weighted by Crippen LogP contribution is 2.23. The maximum Gasteiger partial charge on any atom is 0.249 e. The molecule has 1 N–H and O–H groups in total. The second kappa shape index (κ2) is 7.11. The largest absolute Gasteiger partial charge is 0.322 e. The van der Waals surface area contributed by atoms with E-state index in [-0.39, 0.29) is 5.69 Å². The number of nitrogens with zero attached hydrogens (tertiary/aromatic N) is 1. The molecule has 2 rings (SSSR count). The van der Waals surface area contributed by atoms with Gasteiger partial charge in [-0.2, -0.15) is 5.26 Å². The molecule has 23 heavy (non-hydrogen) atoms. The van der Waals surface area contributed by atoms with Gasteiger partial charge in [0.1, 0.15) is 11.6 Å². The molecule has 0 fully saturated rings. The van der Waals surface area contributed by atoms with Crippen LogP contribution in [-0.2, 0) is 11.2 Å². The summed E-state index contributed by atoms with van der Waals surface area (Å²) in [6.45, 7) is 1.86. The summed E-state index contributed by atoms with van der Waals surface area (Å²) in [5.74, 6) is -4.94. The van der Waals surface area contributed by atoms with Gasteiger partial charge < -0.3 is 5.32 Å². The molecule has 0 bridgehead atoms. The van der Waals surface area contributed by atoms with Crippen molar-refractivity contribution in [2.24, 2.45) is 5.92 Å². The Labute approximate surface area is 135 Å². The van der Waals surface area contributed by atoms with Crippen LogP contribution in [0.4, 0.5) is 14.5 Å². The van der Waals surface area contributed by atoms with Gasteiger partial charge in [0.05, 0.1) is 16.6 Å². The monoisotopic (exact) mass is 334 g/mol. The molecule has 1 aromatic heterocycles. The molecule has 0 saturated carbocycles. The highest BCUT2D eigenvalue weighted by Gasteiger charge is 2.30. The van der Waals surface area contributed by atoms with Crippen molar-refractivity contribution in [1.29, 1.82) is 5.26 Å². The van der Waals surface area contributed by atoms with Gasteiger partial charge in [-0.05, 0) is 35.6 Å². The number of hydrogen-bond donors (Lipinski definition) is 1. The van der Waals surface area contributed by atoms with Crippen LogP contribution in [0.5, 0.6) is 0 Å². The van der Waals surface area contributed by atoms with Crippen molar-refractivity contribution in [2.45, 2.75) is 13.3 Å². The lowest BCUT2D eigenvalue weighted by atomic mass is 10.0. The Hall–Kier alpha value is -2.59. The number of ketones is 1. The molecule has 0 aliphatic carbocycles. The molecule has 0 radical (unpaired) electrons. The first-order valence-corrected chi connectivity index (χ1v) is 7.62. The number of Topliss-reactive ketones (excluding diaryl/α,β-unsaturated/α-hetero) is 1. The Morgan fingerprint density at radius 3 is 2.70 bits per heavy atom. The third-order valence-corrected chi connectivity index (χ3v) is 4.17. The first-order chi connectivity index (χ1) is 11.0. The van der Waals surface area contributed by atoms with Crippen LogP contribution in [0.2, 0.25) is 0 Å². The van der Waals surface area contributed by atoms with Gasteiger partial charge in [-0.25, -0.2) is 8.78 Å². The van der Waals surface area contributed by atoms with Gasteiger partial charge in [0.15, 0.2) is 11.7 Å². The van der Waals surface area contributed by atoms with Crippen molar-refractivity contribution in [3.63, 3.8) is 0 Å². The van der Waals surface area contributed by atoms with Gasteiger partial charge >= 0.3 is 0 Å². The summed E-state index contributed by atoms with van der Waals surface area (Å²) in [4.78, 5) is 24.8. The van der Waals surface area contributed by atoms with E-state index in [4.69, 9.17) is 5.26 Å². The molecule has 7 heteroatoms. The van der Waals surface area contributed by atoms with Crippen LogP contribution in [0.25, 0.3) is 0 Å². The Morgan fingerprint density at radius 2 is 2.09 bits per heavy atom. The van der Waals surface area contributed by atoms with Gasteiger partial charge in [-0.3, -0.25) is 9.59 Å². The molecule has 118 valence electrons. The standard InChI is InChI=1S/C16H12F2N2O2S/c1-2-9-5-6-23-15(9)14(21)11(8-19)16(22)20-13-4-3-10(17)7-12(13)18/h3-7,11H,2H2,1H3,(H,20,22)/t11-/m0/s1. The van der Waals surface area contributed by atoms with E-state index < -0.39 is 29.2 Å². The summed E-state index contributed by atoms with van der Waals surface area (Å²) in [5.41, 5.74) is 0.465. The third-order valence-electron chi connectivity index (χ3n) is 3.19. The van der Waals surface area contributed by atoms with E-state index in [1.807, 2.05) is 6.92 Å². The van der Waals surface area contributed by atoms with Crippen LogP contribution in [0.3, 0.4) is 0 Å². The van der Waals surface area contributed by atoms with Crippen molar-refractivity contribution in [2.75, 3.05) is 5.32 Å². The Morgan fingerprint density at radius 1 is 1.35 bits per heavy atom. The summed E-state index contributed by atoms with van der Waals surface area (Å²) in [5, 5.41) is 13.0. The molecule has 0 aliphatic heterocycles. The van der Waals surface area contributed by atoms with Crippen molar-refractivity contribution >= 4 is 28.7 Å². The molecular formula is C16H12F2N2O2S. The normalized spacial score (nSPS) is 11.6. The predicted molar refractivity (Wildman–Crippen MR) is 82.1 cm³/mol. The second-order valence-electron chi connectivity index (χ2n) is 4.67. The lowest BCUT2D eigenvalue weighted by Crippen LogP contribution is -2.29. The zero-order valence-electron chi connectivity index (χ0n) is 12.1. The van der Waals surface area contributed by atoms with Crippen molar-refractivity contribution < 1.29 is 18.4 Å².